The number of ether oxygens (including phenoxy) is 2. The van der Waals surface area contributed by atoms with Crippen LogP contribution in [-0.2, 0) is 16.0 Å². The molecule has 0 radical (unpaired) electrons. The first kappa shape index (κ1) is 22.2. The number of hydrogen-bond acceptors (Lipinski definition) is 6. The van der Waals surface area contributed by atoms with Crippen LogP contribution in [0.2, 0.25) is 0 Å². The Morgan fingerprint density at radius 1 is 1.17 bits per heavy atom. The van der Waals surface area contributed by atoms with Crippen molar-refractivity contribution in [2.24, 2.45) is 5.41 Å². The van der Waals surface area contributed by atoms with E-state index in [1.165, 1.54) is 0 Å². The lowest BCUT2D eigenvalue weighted by Crippen LogP contribution is -2.28. The molecule has 0 bridgehead atoms. The molecular weight excluding hydrogens is 631 g/mol. The van der Waals surface area contributed by atoms with Gasteiger partial charge < -0.3 is 12.5 Å². The summed E-state index contributed by atoms with van der Waals surface area (Å²) < 4.78 is 19.7. The van der Waals surface area contributed by atoms with Crippen molar-refractivity contribution < 1.29 is 22.1 Å². The fourth-order valence-corrected chi connectivity index (χ4v) is 4.84. The van der Waals surface area contributed by atoms with Crippen molar-refractivity contribution in [1.29, 1.82) is 0 Å². The predicted molar refractivity (Wildman–Crippen MR) is 134 cm³/mol. The van der Waals surface area contributed by atoms with Gasteiger partial charge in [0.15, 0.2) is 35.5 Å². The van der Waals surface area contributed by atoms with E-state index in [1.807, 2.05) is 70.1 Å². The molecule has 2 aliphatic carbocycles. The summed E-state index contributed by atoms with van der Waals surface area (Å²) >= 11 is 3.78. The lowest BCUT2D eigenvalue weighted by molar-refractivity contribution is -0.151. The third kappa shape index (κ3) is 4.33. The average molecular weight is 651 g/mol. The van der Waals surface area contributed by atoms with E-state index in [-0.39, 0.29) is 25.1 Å². The van der Waals surface area contributed by atoms with Crippen LogP contribution in [0.4, 0.5) is 0 Å². The summed E-state index contributed by atoms with van der Waals surface area (Å²) in [5.74, 6) is 1.29. The van der Waals surface area contributed by atoms with Gasteiger partial charge in [-0.15, -0.1) is 0 Å². The molecule has 1 atom stereocenters. The molecule has 1 saturated carbocycles. The van der Waals surface area contributed by atoms with Gasteiger partial charge in [-0.3, -0.25) is 9.59 Å². The number of rotatable bonds is 8. The number of nitrogens with one attached hydrogen (secondary N) is 1. The quantitative estimate of drug-likeness (QED) is 0.151. The smallest absolute Gasteiger partial charge is 0.316 e. The number of Topliss-reactive ketones (excluding diaryl/α,β-unsaturated/α-hetero) is 1. The largest absolute Gasteiger partial charge is 0.491 e. The molecule has 0 aromatic heterocycles. The third-order valence-electron chi connectivity index (χ3n) is 5.61. The molecule has 0 heterocycles. The normalized spacial score (nSPS) is 16.2. The first-order valence-corrected chi connectivity index (χ1v) is 12.0. The zero-order valence-corrected chi connectivity index (χ0v) is 21.5. The molecule has 2 aromatic carbocycles. The van der Waals surface area contributed by atoms with Gasteiger partial charge in [0.25, 0.3) is 0 Å². The van der Waals surface area contributed by atoms with Crippen molar-refractivity contribution in [2.75, 3.05) is 13.3 Å². The molecule has 30 heavy (non-hydrogen) atoms. The second-order valence-corrected chi connectivity index (χ2v) is 9.29. The number of ketones is 1. The van der Waals surface area contributed by atoms with Gasteiger partial charge in [0.05, 0.1) is 5.30 Å². The maximum atomic E-state index is 12.4. The van der Waals surface area contributed by atoms with Crippen molar-refractivity contribution in [1.82, 2.24) is 3.53 Å². The highest BCUT2D eigenvalue weighted by molar-refractivity contribution is 14.1. The number of fused-ring (bicyclic) bond motifs is 1. The molecule has 1 unspecified atom stereocenters. The molecule has 1 fully saturated rings. The van der Waals surface area contributed by atoms with Gasteiger partial charge in [-0.05, 0) is 42.5 Å². The molecule has 2 aromatic rings. The highest BCUT2D eigenvalue weighted by Gasteiger charge is 2.52. The van der Waals surface area contributed by atoms with Gasteiger partial charge >= 0.3 is 5.97 Å². The first-order chi connectivity index (χ1) is 14.5. The molecule has 158 valence electrons. The summed E-state index contributed by atoms with van der Waals surface area (Å²) in [5.41, 5.74) is 3.16. The summed E-state index contributed by atoms with van der Waals surface area (Å²) in [5, 5.41) is 0.788. The Labute approximate surface area is 205 Å². The van der Waals surface area contributed by atoms with E-state index in [1.54, 1.807) is 0 Å². The van der Waals surface area contributed by atoms with Gasteiger partial charge in [0.1, 0.15) is 23.5 Å². The van der Waals surface area contributed by atoms with Crippen LogP contribution < -0.4 is 16.6 Å². The molecule has 4 rings (SSSR count). The van der Waals surface area contributed by atoms with Crippen molar-refractivity contribution in [3.05, 3.63) is 41.5 Å². The summed E-state index contributed by atoms with van der Waals surface area (Å²) in [6.45, 7) is 0.420. The van der Waals surface area contributed by atoms with Crippen LogP contribution in [0.25, 0.3) is 11.1 Å². The Balaban J connectivity index is 1.64. The van der Waals surface area contributed by atoms with Gasteiger partial charge in [-0.2, -0.15) is 0 Å². The maximum Gasteiger partial charge on any atom is 0.316 e. The number of aryl methyl sites for hydroxylation is 1. The Morgan fingerprint density at radius 2 is 1.93 bits per heavy atom. The molecule has 2 aliphatic rings. The van der Waals surface area contributed by atoms with Crippen molar-refractivity contribution in [3.63, 3.8) is 0 Å². The van der Waals surface area contributed by atoms with E-state index in [0.717, 1.165) is 46.8 Å². The Kier molecular flexibility index (Phi) is 6.86. The number of hydrogen-bond donors (Lipinski definition) is 1. The number of carbonyl (C=O) groups excluding carboxylic acids is 2. The zero-order valence-electron chi connectivity index (χ0n) is 16.0. The Bertz CT molecular complexity index is 1010. The minimum absolute atomic E-state index is 0.174. The van der Waals surface area contributed by atoms with E-state index in [0.29, 0.717) is 17.9 Å². The third-order valence-corrected chi connectivity index (χ3v) is 6.95. The number of benzene rings is 2. The van der Waals surface area contributed by atoms with Gasteiger partial charge in [0.2, 0.25) is 0 Å². The highest BCUT2D eigenvalue weighted by atomic mass is 127. The van der Waals surface area contributed by atoms with Crippen molar-refractivity contribution in [3.8, 4) is 22.6 Å². The van der Waals surface area contributed by atoms with Gasteiger partial charge in [-0.25, -0.2) is 3.53 Å². The summed E-state index contributed by atoms with van der Waals surface area (Å²) in [6, 6.07) is 9.75. The molecule has 6 nitrogen and oxygen atoms in total. The first-order valence-electron chi connectivity index (χ1n) is 9.50. The molecule has 0 saturated heterocycles. The van der Waals surface area contributed by atoms with Crippen LogP contribution in [0, 0.1) is 5.41 Å². The SMILES string of the molecule is O=C1CCc2cc(-c3ccc(OI)c(P)c3OCC3(C(=O)OCNI)CC3)ccc21. The van der Waals surface area contributed by atoms with Crippen molar-refractivity contribution in [2.45, 2.75) is 25.7 Å². The molecule has 0 amide bonds. The average Bonchev–Trinajstić information content (AvgIpc) is 3.47. The fourth-order valence-electron chi connectivity index (χ4n) is 3.67. The topological polar surface area (TPSA) is 73.9 Å². The number of esters is 1. The van der Waals surface area contributed by atoms with E-state index >= 15 is 0 Å². The fraction of sp³-hybridized carbons (Fsp3) is 0.333. The summed E-state index contributed by atoms with van der Waals surface area (Å²) in [6.07, 6.45) is 2.83. The van der Waals surface area contributed by atoms with Crippen LogP contribution in [-0.4, -0.2) is 25.1 Å². The van der Waals surface area contributed by atoms with E-state index in [4.69, 9.17) is 12.5 Å². The maximum absolute atomic E-state index is 12.4. The molecule has 0 spiro atoms. The molecule has 0 aliphatic heterocycles. The lowest BCUT2D eigenvalue weighted by Gasteiger charge is -2.20. The van der Waals surface area contributed by atoms with Crippen LogP contribution in [0.3, 0.4) is 0 Å². The Morgan fingerprint density at radius 3 is 2.63 bits per heavy atom. The summed E-state index contributed by atoms with van der Waals surface area (Å²) in [4.78, 5) is 24.4. The standard InChI is InChI=1S/C21H20I2NO5P/c22-24-11-28-20(26)21(7-8-21)10-27-18-15(4-6-17(29-23)19(18)30)13-1-3-14-12(9-13)2-5-16(14)25/h1,3-4,6,9,24H,2,5,7-8,10-11,30H2. The van der Waals surface area contributed by atoms with E-state index in [2.05, 4.69) is 18.8 Å². The van der Waals surface area contributed by atoms with Crippen LogP contribution >= 0.6 is 55.1 Å². The Hall–Kier alpha value is -0.970. The minimum atomic E-state index is -0.590. The van der Waals surface area contributed by atoms with E-state index in [9.17, 15) is 9.59 Å². The molecule has 1 N–H and O–H groups in total. The zero-order chi connectivity index (χ0) is 21.3. The van der Waals surface area contributed by atoms with Crippen LogP contribution in [0.5, 0.6) is 11.5 Å². The number of halogens is 2. The van der Waals surface area contributed by atoms with E-state index < -0.39 is 5.41 Å². The second-order valence-electron chi connectivity index (χ2n) is 7.51. The monoisotopic (exact) mass is 651 g/mol. The van der Waals surface area contributed by atoms with Gasteiger partial charge in [-0.1, -0.05) is 27.4 Å². The predicted octanol–water partition coefficient (Wildman–Crippen LogP) is 4.31. The molecular formula is C21H20I2NO5P. The van der Waals surface area contributed by atoms with Crippen LogP contribution in [0.1, 0.15) is 35.2 Å². The van der Waals surface area contributed by atoms with Gasteiger partial charge in [0, 0.05) is 40.4 Å². The molecule has 9 heteroatoms. The highest BCUT2D eigenvalue weighted by Crippen LogP contribution is 2.48. The van der Waals surface area contributed by atoms with Crippen LogP contribution in [0.15, 0.2) is 30.3 Å². The summed E-state index contributed by atoms with van der Waals surface area (Å²) in [7, 11) is 2.68. The van der Waals surface area contributed by atoms with Crippen molar-refractivity contribution >= 4 is 72.2 Å². The second kappa shape index (κ2) is 9.26. The number of carbonyl (C=O) groups is 2. The lowest BCUT2D eigenvalue weighted by atomic mass is 9.99. The minimum Gasteiger partial charge on any atom is -0.491 e.